The van der Waals surface area contributed by atoms with Crippen LogP contribution in [-0.2, 0) is 4.74 Å². The number of ether oxygens (including phenoxy) is 1. The van der Waals surface area contributed by atoms with Crippen LogP contribution in [0, 0.1) is 0 Å². The van der Waals surface area contributed by atoms with Crippen molar-refractivity contribution in [3.05, 3.63) is 0 Å². The smallest absolute Gasteiger partial charge is 0.0855 e. The van der Waals surface area contributed by atoms with E-state index in [4.69, 9.17) is 4.74 Å². The molecule has 0 spiro atoms. The van der Waals surface area contributed by atoms with E-state index >= 15 is 0 Å². The third-order valence-corrected chi connectivity index (χ3v) is 2.73. The molecule has 0 bridgehead atoms. The molecule has 0 amide bonds. The monoisotopic (exact) mass is 228 g/mol. The molecule has 13 heavy (non-hydrogen) atoms. The maximum atomic E-state index is 5.65. The van der Waals surface area contributed by atoms with Crippen LogP contribution in [-0.4, -0.2) is 50.3 Å². The molecule has 2 aliphatic rings. The predicted octanol–water partition coefficient (Wildman–Crippen LogP) is 0.522. The highest BCUT2D eigenvalue weighted by atomic mass is 35.5. The summed E-state index contributed by atoms with van der Waals surface area (Å²) in [6.07, 6.45) is 1.68. The fourth-order valence-electron chi connectivity index (χ4n) is 2.00. The summed E-state index contributed by atoms with van der Waals surface area (Å²) >= 11 is 0. The largest absolute Gasteiger partial charge is 0.374 e. The Morgan fingerprint density at radius 1 is 1.38 bits per heavy atom. The number of rotatable bonds is 0. The fraction of sp³-hybridized carbons (Fsp3) is 1.00. The number of likely N-dealkylation sites (N-methyl/N-ethyl adjacent to an activating group) is 1. The van der Waals surface area contributed by atoms with Crippen LogP contribution in [0.15, 0.2) is 0 Å². The molecule has 0 aromatic carbocycles. The molecule has 2 saturated heterocycles. The lowest BCUT2D eigenvalue weighted by molar-refractivity contribution is -0.0716. The molecule has 2 heterocycles. The van der Waals surface area contributed by atoms with Gasteiger partial charge in [-0.2, -0.15) is 0 Å². The second-order valence-electron chi connectivity index (χ2n) is 3.45. The topological polar surface area (TPSA) is 24.5 Å². The number of nitrogens with one attached hydrogen (secondary N) is 1. The molecule has 0 radical (unpaired) electrons. The molecule has 0 aromatic heterocycles. The van der Waals surface area contributed by atoms with E-state index in [1.54, 1.807) is 0 Å². The Morgan fingerprint density at radius 3 is 2.85 bits per heavy atom. The maximum Gasteiger partial charge on any atom is 0.0855 e. The van der Waals surface area contributed by atoms with Crippen molar-refractivity contribution in [1.29, 1.82) is 0 Å². The van der Waals surface area contributed by atoms with E-state index in [1.807, 2.05) is 0 Å². The first-order valence-corrected chi connectivity index (χ1v) is 4.40. The number of hydrogen-bond acceptors (Lipinski definition) is 3. The van der Waals surface area contributed by atoms with E-state index in [-0.39, 0.29) is 24.8 Å². The summed E-state index contributed by atoms with van der Waals surface area (Å²) in [7, 11) is 2.20. The first-order chi connectivity index (χ1) is 5.38. The van der Waals surface area contributed by atoms with Crippen LogP contribution in [0.2, 0.25) is 0 Å². The van der Waals surface area contributed by atoms with Gasteiger partial charge in [0.1, 0.15) is 0 Å². The zero-order chi connectivity index (χ0) is 7.68. The zero-order valence-corrected chi connectivity index (χ0v) is 9.50. The second kappa shape index (κ2) is 6.04. The Morgan fingerprint density at radius 2 is 2.15 bits per heavy atom. The minimum Gasteiger partial charge on any atom is -0.374 e. The average Bonchev–Trinajstić information content (AvgIpc) is 2.06. The number of piperidine rings is 1. The number of fused-ring (bicyclic) bond motifs is 1. The van der Waals surface area contributed by atoms with Crippen LogP contribution < -0.4 is 5.32 Å². The summed E-state index contributed by atoms with van der Waals surface area (Å²) in [6, 6.07) is 0.671. The van der Waals surface area contributed by atoms with Gasteiger partial charge in [-0.05, 0) is 20.0 Å². The summed E-state index contributed by atoms with van der Waals surface area (Å²) in [5, 5.41) is 3.35. The minimum atomic E-state index is 0. The van der Waals surface area contributed by atoms with Crippen molar-refractivity contribution in [2.45, 2.75) is 18.6 Å². The molecular weight excluding hydrogens is 211 g/mol. The third kappa shape index (κ3) is 2.96. The van der Waals surface area contributed by atoms with Gasteiger partial charge in [-0.25, -0.2) is 0 Å². The molecule has 0 unspecified atom stereocenters. The molecule has 5 heteroatoms. The SMILES string of the molecule is CN1CCO[C@@H]2CNCC[C@H]21.Cl.Cl. The average molecular weight is 229 g/mol. The molecule has 80 valence electrons. The first-order valence-electron chi connectivity index (χ1n) is 4.40. The molecule has 2 aliphatic heterocycles. The summed E-state index contributed by atoms with van der Waals surface area (Å²) in [6.45, 7) is 4.18. The highest BCUT2D eigenvalue weighted by molar-refractivity contribution is 5.85. The van der Waals surface area contributed by atoms with Crippen molar-refractivity contribution < 1.29 is 4.74 Å². The Kier molecular flexibility index (Phi) is 6.25. The van der Waals surface area contributed by atoms with Gasteiger partial charge >= 0.3 is 0 Å². The van der Waals surface area contributed by atoms with Crippen molar-refractivity contribution >= 4 is 24.8 Å². The lowest BCUT2D eigenvalue weighted by Gasteiger charge is -2.42. The molecular formula is C8H18Cl2N2O. The van der Waals surface area contributed by atoms with E-state index in [1.165, 1.54) is 6.42 Å². The molecule has 0 aliphatic carbocycles. The highest BCUT2D eigenvalue weighted by Crippen LogP contribution is 2.17. The van der Waals surface area contributed by atoms with E-state index in [2.05, 4.69) is 17.3 Å². The van der Waals surface area contributed by atoms with Crippen molar-refractivity contribution in [1.82, 2.24) is 10.2 Å². The molecule has 3 nitrogen and oxygen atoms in total. The van der Waals surface area contributed by atoms with E-state index in [0.717, 1.165) is 26.2 Å². The van der Waals surface area contributed by atoms with E-state index in [9.17, 15) is 0 Å². The number of halogens is 2. The second-order valence-corrected chi connectivity index (χ2v) is 3.45. The summed E-state index contributed by atoms with van der Waals surface area (Å²) in [4.78, 5) is 2.43. The normalized spacial score (nSPS) is 33.9. The lowest BCUT2D eigenvalue weighted by Crippen LogP contribution is -2.57. The minimum absolute atomic E-state index is 0. The highest BCUT2D eigenvalue weighted by Gasteiger charge is 2.31. The molecule has 2 atom stereocenters. The maximum absolute atomic E-state index is 5.65. The third-order valence-electron chi connectivity index (χ3n) is 2.73. The zero-order valence-electron chi connectivity index (χ0n) is 7.86. The van der Waals surface area contributed by atoms with Gasteiger partial charge in [0.15, 0.2) is 0 Å². The van der Waals surface area contributed by atoms with Crippen LogP contribution in [0.3, 0.4) is 0 Å². The van der Waals surface area contributed by atoms with Gasteiger partial charge < -0.3 is 10.1 Å². The van der Waals surface area contributed by atoms with Gasteiger partial charge in [0.25, 0.3) is 0 Å². The van der Waals surface area contributed by atoms with Gasteiger partial charge in [0.05, 0.1) is 12.7 Å². The Balaban J connectivity index is 0.000000720. The van der Waals surface area contributed by atoms with Crippen molar-refractivity contribution in [2.24, 2.45) is 0 Å². The summed E-state index contributed by atoms with van der Waals surface area (Å²) < 4.78 is 5.65. The van der Waals surface area contributed by atoms with Gasteiger partial charge in [0.2, 0.25) is 0 Å². The lowest BCUT2D eigenvalue weighted by atomic mass is 10.0. The Labute approximate surface area is 92.0 Å². The van der Waals surface area contributed by atoms with Crippen LogP contribution in [0.1, 0.15) is 6.42 Å². The standard InChI is InChI=1S/C8H16N2O.2ClH/c1-10-4-5-11-8-6-9-3-2-7(8)10;;/h7-9H,2-6H2,1H3;2*1H/t7-,8-;;/m1../s1. The van der Waals surface area contributed by atoms with Gasteiger partial charge in [-0.15, -0.1) is 24.8 Å². The molecule has 0 saturated carbocycles. The van der Waals surface area contributed by atoms with Crippen LogP contribution in [0.25, 0.3) is 0 Å². The van der Waals surface area contributed by atoms with E-state index < -0.39 is 0 Å². The van der Waals surface area contributed by atoms with Gasteiger partial charge in [-0.1, -0.05) is 0 Å². The van der Waals surface area contributed by atoms with E-state index in [0.29, 0.717) is 12.1 Å². The molecule has 1 N–H and O–H groups in total. The fourth-order valence-corrected chi connectivity index (χ4v) is 2.00. The van der Waals surface area contributed by atoms with Gasteiger partial charge in [-0.3, -0.25) is 4.90 Å². The van der Waals surface area contributed by atoms with Crippen molar-refractivity contribution in [2.75, 3.05) is 33.3 Å². The quantitative estimate of drug-likeness (QED) is 0.655. The number of nitrogens with zero attached hydrogens (tertiary/aromatic N) is 1. The number of hydrogen-bond donors (Lipinski definition) is 1. The van der Waals surface area contributed by atoms with Crippen molar-refractivity contribution in [3.8, 4) is 0 Å². The Bertz CT molecular complexity index is 146. The summed E-state index contributed by atoms with van der Waals surface area (Å²) in [5.41, 5.74) is 0. The van der Waals surface area contributed by atoms with Crippen LogP contribution >= 0.6 is 24.8 Å². The molecule has 2 rings (SSSR count). The summed E-state index contributed by atoms with van der Waals surface area (Å²) in [5.74, 6) is 0. The number of morpholine rings is 1. The van der Waals surface area contributed by atoms with Crippen LogP contribution in [0.4, 0.5) is 0 Å². The Hall–Kier alpha value is 0.460. The van der Waals surface area contributed by atoms with Gasteiger partial charge in [0, 0.05) is 19.1 Å². The first kappa shape index (κ1) is 13.5. The van der Waals surface area contributed by atoms with Crippen LogP contribution in [0.5, 0.6) is 0 Å². The molecule has 2 fully saturated rings. The van der Waals surface area contributed by atoms with Crippen molar-refractivity contribution in [3.63, 3.8) is 0 Å². The predicted molar refractivity (Wildman–Crippen MR) is 58.1 cm³/mol. The molecule has 0 aromatic rings.